The molecule has 0 amide bonds. The number of ether oxygens (including phenoxy) is 1. The molecule has 0 unspecified atom stereocenters. The SMILES string of the molecule is CCOCC1=CC(=O)C=CC1=O. The Morgan fingerprint density at radius 3 is 2.75 bits per heavy atom. The van der Waals surface area contributed by atoms with E-state index in [-0.39, 0.29) is 18.2 Å². The molecule has 64 valence electrons. The van der Waals surface area contributed by atoms with E-state index in [1.807, 2.05) is 6.92 Å². The van der Waals surface area contributed by atoms with Gasteiger partial charge in [-0.05, 0) is 25.2 Å². The maximum Gasteiger partial charge on any atom is 0.184 e. The Balaban J connectivity index is 2.62. The molecule has 0 bridgehead atoms. The van der Waals surface area contributed by atoms with Crippen LogP contribution in [0.3, 0.4) is 0 Å². The molecule has 0 atom stereocenters. The van der Waals surface area contributed by atoms with Crippen molar-refractivity contribution in [3.63, 3.8) is 0 Å². The van der Waals surface area contributed by atoms with E-state index in [0.717, 1.165) is 0 Å². The molecule has 3 heteroatoms. The first-order chi connectivity index (χ1) is 5.74. The zero-order valence-electron chi connectivity index (χ0n) is 6.87. The monoisotopic (exact) mass is 166 g/mol. The standard InChI is InChI=1S/C9H10O3/c1-2-12-6-7-5-8(10)3-4-9(7)11/h3-5H,2,6H2,1H3. The molecule has 0 spiro atoms. The molecule has 1 aliphatic rings. The van der Waals surface area contributed by atoms with Crippen molar-refractivity contribution in [2.75, 3.05) is 13.2 Å². The van der Waals surface area contributed by atoms with Crippen molar-refractivity contribution in [2.24, 2.45) is 0 Å². The van der Waals surface area contributed by atoms with Crippen LogP contribution >= 0.6 is 0 Å². The van der Waals surface area contributed by atoms with Crippen LogP contribution in [0.1, 0.15) is 6.92 Å². The molecule has 3 nitrogen and oxygen atoms in total. The van der Waals surface area contributed by atoms with Gasteiger partial charge < -0.3 is 4.74 Å². The summed E-state index contributed by atoms with van der Waals surface area (Å²) in [5.41, 5.74) is 0.435. The molecular weight excluding hydrogens is 156 g/mol. The first-order valence-electron chi connectivity index (χ1n) is 3.78. The van der Waals surface area contributed by atoms with Crippen molar-refractivity contribution >= 4 is 11.6 Å². The number of ketones is 2. The lowest BCUT2D eigenvalue weighted by Gasteiger charge is -2.05. The highest BCUT2D eigenvalue weighted by molar-refractivity contribution is 6.17. The van der Waals surface area contributed by atoms with Crippen molar-refractivity contribution in [1.29, 1.82) is 0 Å². The lowest BCUT2D eigenvalue weighted by molar-refractivity contribution is -0.115. The number of rotatable bonds is 3. The molecular formula is C9H10O3. The lowest BCUT2D eigenvalue weighted by Crippen LogP contribution is -2.12. The van der Waals surface area contributed by atoms with Crippen LogP contribution in [0.25, 0.3) is 0 Å². The van der Waals surface area contributed by atoms with Crippen molar-refractivity contribution in [2.45, 2.75) is 6.92 Å². The van der Waals surface area contributed by atoms with E-state index in [4.69, 9.17) is 4.74 Å². The molecule has 1 aliphatic carbocycles. The second-order valence-corrected chi connectivity index (χ2v) is 2.41. The van der Waals surface area contributed by atoms with Crippen LogP contribution in [-0.4, -0.2) is 24.8 Å². The molecule has 0 saturated carbocycles. The minimum Gasteiger partial charge on any atom is -0.377 e. The zero-order chi connectivity index (χ0) is 8.97. The van der Waals surface area contributed by atoms with Crippen molar-refractivity contribution in [1.82, 2.24) is 0 Å². The number of allylic oxidation sites excluding steroid dienone is 3. The highest BCUT2D eigenvalue weighted by atomic mass is 16.5. The highest BCUT2D eigenvalue weighted by Crippen LogP contribution is 2.05. The van der Waals surface area contributed by atoms with Gasteiger partial charge in [0.1, 0.15) is 0 Å². The normalized spacial score (nSPS) is 16.6. The first-order valence-corrected chi connectivity index (χ1v) is 3.78. The van der Waals surface area contributed by atoms with Crippen LogP contribution in [0.4, 0.5) is 0 Å². The fraction of sp³-hybridized carbons (Fsp3) is 0.333. The molecule has 0 heterocycles. The van der Waals surface area contributed by atoms with Crippen molar-refractivity contribution < 1.29 is 14.3 Å². The number of carbonyl (C=O) groups excluding carboxylic acids is 2. The summed E-state index contributed by atoms with van der Waals surface area (Å²) in [7, 11) is 0. The van der Waals surface area contributed by atoms with Gasteiger partial charge in [0, 0.05) is 12.2 Å². The predicted octanol–water partition coefficient (Wildman–Crippen LogP) is 0.657. The summed E-state index contributed by atoms with van der Waals surface area (Å²) in [6.45, 7) is 2.61. The van der Waals surface area contributed by atoms with Crippen LogP contribution in [0, 0.1) is 0 Å². The van der Waals surface area contributed by atoms with E-state index < -0.39 is 0 Å². The van der Waals surface area contributed by atoms with Crippen LogP contribution in [0.15, 0.2) is 23.8 Å². The average Bonchev–Trinajstić information content (AvgIpc) is 2.07. The van der Waals surface area contributed by atoms with E-state index in [1.165, 1.54) is 18.2 Å². The second-order valence-electron chi connectivity index (χ2n) is 2.41. The summed E-state index contributed by atoms with van der Waals surface area (Å²) >= 11 is 0. The minimum absolute atomic E-state index is 0.136. The molecule has 12 heavy (non-hydrogen) atoms. The Morgan fingerprint density at radius 1 is 1.33 bits per heavy atom. The summed E-state index contributed by atoms with van der Waals surface area (Å²) < 4.78 is 5.02. The van der Waals surface area contributed by atoms with Crippen LogP contribution < -0.4 is 0 Å². The van der Waals surface area contributed by atoms with Gasteiger partial charge in [-0.2, -0.15) is 0 Å². The molecule has 0 radical (unpaired) electrons. The van der Waals surface area contributed by atoms with E-state index in [0.29, 0.717) is 12.2 Å². The Hall–Kier alpha value is -1.22. The quantitative estimate of drug-likeness (QED) is 0.578. The van der Waals surface area contributed by atoms with Gasteiger partial charge in [0.15, 0.2) is 11.6 Å². The van der Waals surface area contributed by atoms with Gasteiger partial charge in [-0.3, -0.25) is 9.59 Å². The van der Waals surface area contributed by atoms with Crippen LogP contribution in [0.2, 0.25) is 0 Å². The third kappa shape index (κ3) is 2.13. The zero-order valence-corrected chi connectivity index (χ0v) is 6.87. The van der Waals surface area contributed by atoms with Gasteiger partial charge in [0.25, 0.3) is 0 Å². The third-order valence-electron chi connectivity index (χ3n) is 1.49. The molecule has 0 aliphatic heterocycles. The topological polar surface area (TPSA) is 43.4 Å². The summed E-state index contributed by atoms with van der Waals surface area (Å²) in [6.07, 6.45) is 3.85. The molecule has 0 saturated heterocycles. The van der Waals surface area contributed by atoms with E-state index in [1.54, 1.807) is 0 Å². The Kier molecular flexibility index (Phi) is 2.94. The van der Waals surface area contributed by atoms with Crippen molar-refractivity contribution in [3.8, 4) is 0 Å². The van der Waals surface area contributed by atoms with E-state index in [2.05, 4.69) is 0 Å². The lowest BCUT2D eigenvalue weighted by atomic mass is 10.1. The second kappa shape index (κ2) is 3.97. The van der Waals surface area contributed by atoms with E-state index >= 15 is 0 Å². The molecule has 0 N–H and O–H groups in total. The van der Waals surface area contributed by atoms with Crippen LogP contribution in [-0.2, 0) is 14.3 Å². The molecule has 0 aromatic heterocycles. The van der Waals surface area contributed by atoms with Gasteiger partial charge in [-0.25, -0.2) is 0 Å². The number of carbonyl (C=O) groups is 2. The maximum absolute atomic E-state index is 11.1. The minimum atomic E-state index is -0.149. The Labute approximate surface area is 70.7 Å². The van der Waals surface area contributed by atoms with Gasteiger partial charge in [-0.15, -0.1) is 0 Å². The molecule has 0 fully saturated rings. The van der Waals surface area contributed by atoms with Gasteiger partial charge >= 0.3 is 0 Å². The Bertz CT molecular complexity index is 261. The van der Waals surface area contributed by atoms with Crippen molar-refractivity contribution in [3.05, 3.63) is 23.8 Å². The molecule has 0 aromatic carbocycles. The number of hydrogen-bond acceptors (Lipinski definition) is 3. The summed E-state index contributed by atoms with van der Waals surface area (Å²) in [5, 5.41) is 0. The van der Waals surface area contributed by atoms with Gasteiger partial charge in [-0.1, -0.05) is 0 Å². The first kappa shape index (κ1) is 8.87. The fourth-order valence-electron chi connectivity index (χ4n) is 0.881. The summed E-state index contributed by atoms with van der Waals surface area (Å²) in [5.74, 6) is -0.285. The largest absolute Gasteiger partial charge is 0.377 e. The predicted molar refractivity (Wildman–Crippen MR) is 43.7 cm³/mol. The Morgan fingerprint density at radius 2 is 2.08 bits per heavy atom. The highest BCUT2D eigenvalue weighted by Gasteiger charge is 2.12. The maximum atomic E-state index is 11.1. The fourth-order valence-corrected chi connectivity index (χ4v) is 0.881. The average molecular weight is 166 g/mol. The smallest absolute Gasteiger partial charge is 0.184 e. The summed E-state index contributed by atoms with van der Waals surface area (Å²) in [6, 6.07) is 0. The van der Waals surface area contributed by atoms with Gasteiger partial charge in [0.05, 0.1) is 6.61 Å². The van der Waals surface area contributed by atoms with Gasteiger partial charge in [0.2, 0.25) is 0 Å². The van der Waals surface area contributed by atoms with Crippen LogP contribution in [0.5, 0.6) is 0 Å². The molecule has 1 rings (SSSR count). The summed E-state index contributed by atoms with van der Waals surface area (Å²) in [4.78, 5) is 21.9. The third-order valence-corrected chi connectivity index (χ3v) is 1.49. The number of hydrogen-bond donors (Lipinski definition) is 0. The van der Waals surface area contributed by atoms with E-state index in [9.17, 15) is 9.59 Å². The molecule has 0 aromatic rings.